The van der Waals surface area contributed by atoms with Crippen LogP contribution in [0.2, 0.25) is 0 Å². The standard InChI is InChI=1S/C11H18BrNO3S2/c1-7(11(2,3)4)13-18(15,16)9-5-8(6-14)17-10(9)12/h5,7,13-14H,6H2,1-4H3. The zero-order chi connectivity index (χ0) is 14.1. The number of hydrogen-bond acceptors (Lipinski definition) is 4. The van der Waals surface area contributed by atoms with Gasteiger partial charge in [-0.1, -0.05) is 20.8 Å². The molecule has 0 saturated heterocycles. The molecule has 0 spiro atoms. The molecule has 1 aromatic rings. The van der Waals surface area contributed by atoms with Gasteiger partial charge in [0.2, 0.25) is 10.0 Å². The quantitative estimate of drug-likeness (QED) is 0.872. The Balaban J connectivity index is 3.03. The number of sulfonamides is 1. The fourth-order valence-corrected chi connectivity index (χ4v) is 5.12. The van der Waals surface area contributed by atoms with Crippen molar-refractivity contribution in [3.8, 4) is 0 Å². The maximum Gasteiger partial charge on any atom is 0.242 e. The van der Waals surface area contributed by atoms with E-state index in [1.165, 1.54) is 17.4 Å². The first-order valence-electron chi connectivity index (χ1n) is 5.49. The Morgan fingerprint density at radius 3 is 2.44 bits per heavy atom. The highest BCUT2D eigenvalue weighted by atomic mass is 79.9. The molecule has 1 unspecified atom stereocenters. The van der Waals surface area contributed by atoms with Crippen molar-refractivity contribution in [2.45, 2.75) is 45.2 Å². The highest BCUT2D eigenvalue weighted by molar-refractivity contribution is 9.11. The predicted octanol–water partition coefficient (Wildman–Crippen LogP) is 2.72. The zero-order valence-electron chi connectivity index (χ0n) is 10.8. The number of aliphatic hydroxyl groups is 1. The first-order chi connectivity index (χ1) is 8.08. The second kappa shape index (κ2) is 5.58. The van der Waals surface area contributed by atoms with E-state index in [1.54, 1.807) is 0 Å². The summed E-state index contributed by atoms with van der Waals surface area (Å²) >= 11 is 4.45. The molecule has 4 nitrogen and oxygen atoms in total. The van der Waals surface area contributed by atoms with E-state index in [9.17, 15) is 8.42 Å². The van der Waals surface area contributed by atoms with Crippen LogP contribution in [0.5, 0.6) is 0 Å². The summed E-state index contributed by atoms with van der Waals surface area (Å²) < 4.78 is 27.6. The molecule has 2 N–H and O–H groups in total. The fraction of sp³-hybridized carbons (Fsp3) is 0.636. The minimum absolute atomic E-state index is 0.157. The van der Waals surface area contributed by atoms with Crippen LogP contribution in [-0.2, 0) is 16.6 Å². The molecule has 1 rings (SSSR count). The SMILES string of the molecule is CC(NS(=O)(=O)c1cc(CO)sc1Br)C(C)(C)C. The lowest BCUT2D eigenvalue weighted by atomic mass is 9.89. The van der Waals surface area contributed by atoms with Crippen molar-refractivity contribution in [3.63, 3.8) is 0 Å². The molecule has 0 saturated carbocycles. The molecule has 0 bridgehead atoms. The van der Waals surface area contributed by atoms with E-state index in [4.69, 9.17) is 5.11 Å². The summed E-state index contributed by atoms with van der Waals surface area (Å²) in [7, 11) is -3.56. The van der Waals surface area contributed by atoms with Crippen molar-refractivity contribution in [3.05, 3.63) is 14.7 Å². The average Bonchev–Trinajstić information content (AvgIpc) is 2.58. The van der Waals surface area contributed by atoms with Crippen molar-refractivity contribution >= 4 is 37.3 Å². The summed E-state index contributed by atoms with van der Waals surface area (Å²) in [5, 5.41) is 9.03. The van der Waals surface area contributed by atoms with Crippen LogP contribution in [0.15, 0.2) is 14.7 Å². The third kappa shape index (κ3) is 3.77. The molecule has 18 heavy (non-hydrogen) atoms. The van der Waals surface area contributed by atoms with E-state index in [0.29, 0.717) is 8.66 Å². The van der Waals surface area contributed by atoms with Crippen LogP contribution in [0.25, 0.3) is 0 Å². The van der Waals surface area contributed by atoms with E-state index in [-0.39, 0.29) is 23.0 Å². The summed E-state index contributed by atoms with van der Waals surface area (Å²) in [5.41, 5.74) is -0.157. The second-order valence-electron chi connectivity index (χ2n) is 5.22. The Bertz CT molecular complexity index is 517. The van der Waals surface area contributed by atoms with Gasteiger partial charge in [-0.25, -0.2) is 13.1 Å². The highest BCUT2D eigenvalue weighted by Gasteiger charge is 2.28. The Hall–Kier alpha value is 0.0500. The van der Waals surface area contributed by atoms with E-state index >= 15 is 0 Å². The average molecular weight is 356 g/mol. The number of nitrogens with one attached hydrogen (secondary N) is 1. The van der Waals surface area contributed by atoms with E-state index in [1.807, 2.05) is 27.7 Å². The smallest absolute Gasteiger partial charge is 0.242 e. The van der Waals surface area contributed by atoms with E-state index in [0.717, 1.165) is 0 Å². The Kier molecular flexibility index (Phi) is 4.99. The monoisotopic (exact) mass is 355 g/mol. The largest absolute Gasteiger partial charge is 0.391 e. The maximum absolute atomic E-state index is 12.2. The van der Waals surface area contributed by atoms with Crippen molar-refractivity contribution in [2.75, 3.05) is 0 Å². The van der Waals surface area contributed by atoms with Gasteiger partial charge < -0.3 is 5.11 Å². The van der Waals surface area contributed by atoms with Gasteiger partial charge in [0.15, 0.2) is 0 Å². The van der Waals surface area contributed by atoms with Crippen LogP contribution in [-0.4, -0.2) is 19.6 Å². The Morgan fingerprint density at radius 1 is 1.50 bits per heavy atom. The fourth-order valence-electron chi connectivity index (χ4n) is 1.13. The third-order valence-corrected chi connectivity index (χ3v) is 6.56. The van der Waals surface area contributed by atoms with Crippen molar-refractivity contribution < 1.29 is 13.5 Å². The number of aliphatic hydroxyl groups excluding tert-OH is 1. The minimum Gasteiger partial charge on any atom is -0.391 e. The molecule has 0 aromatic carbocycles. The lowest BCUT2D eigenvalue weighted by Crippen LogP contribution is -2.41. The predicted molar refractivity (Wildman–Crippen MR) is 77.2 cm³/mol. The molecule has 7 heteroatoms. The summed E-state index contributed by atoms with van der Waals surface area (Å²) in [6.07, 6.45) is 0. The van der Waals surface area contributed by atoms with Gasteiger partial charge in [0, 0.05) is 10.9 Å². The topological polar surface area (TPSA) is 66.4 Å². The molecule has 104 valence electrons. The van der Waals surface area contributed by atoms with Gasteiger partial charge in [-0.05, 0) is 34.3 Å². The van der Waals surface area contributed by atoms with Crippen molar-refractivity contribution in [1.29, 1.82) is 0 Å². The van der Waals surface area contributed by atoms with Gasteiger partial charge in [-0.2, -0.15) is 0 Å². The summed E-state index contributed by atoms with van der Waals surface area (Å²) in [6, 6.07) is 1.30. The van der Waals surface area contributed by atoms with Gasteiger partial charge >= 0.3 is 0 Å². The highest BCUT2D eigenvalue weighted by Crippen LogP contribution is 2.32. The maximum atomic E-state index is 12.2. The normalized spacial score (nSPS) is 14.8. The van der Waals surface area contributed by atoms with Crippen LogP contribution in [0, 0.1) is 5.41 Å². The second-order valence-corrected chi connectivity index (χ2v) is 9.35. The Morgan fingerprint density at radius 2 is 2.06 bits per heavy atom. The zero-order valence-corrected chi connectivity index (χ0v) is 14.0. The number of thiophene rings is 1. The molecule has 0 fully saturated rings. The minimum atomic E-state index is -3.56. The van der Waals surface area contributed by atoms with Gasteiger partial charge in [0.05, 0.1) is 10.4 Å². The molecular weight excluding hydrogens is 338 g/mol. The van der Waals surface area contributed by atoms with Gasteiger partial charge in [-0.3, -0.25) is 0 Å². The molecule has 1 heterocycles. The summed E-state index contributed by atoms with van der Waals surface area (Å²) in [4.78, 5) is 0.804. The van der Waals surface area contributed by atoms with Crippen molar-refractivity contribution in [1.82, 2.24) is 4.72 Å². The Labute approximate surface area is 121 Å². The molecule has 0 amide bonds. The number of rotatable bonds is 4. The van der Waals surface area contributed by atoms with E-state index in [2.05, 4.69) is 20.7 Å². The number of halogens is 1. The molecule has 0 radical (unpaired) electrons. The van der Waals surface area contributed by atoms with E-state index < -0.39 is 10.0 Å². The van der Waals surface area contributed by atoms with Crippen LogP contribution >= 0.6 is 27.3 Å². The van der Waals surface area contributed by atoms with Crippen LogP contribution in [0.1, 0.15) is 32.6 Å². The molecular formula is C11H18BrNO3S2. The molecule has 1 atom stereocenters. The van der Waals surface area contributed by atoms with Crippen LogP contribution < -0.4 is 4.72 Å². The van der Waals surface area contributed by atoms with Crippen LogP contribution in [0.4, 0.5) is 0 Å². The molecule has 1 aromatic heterocycles. The van der Waals surface area contributed by atoms with Crippen LogP contribution in [0.3, 0.4) is 0 Å². The lowest BCUT2D eigenvalue weighted by Gasteiger charge is -2.27. The lowest BCUT2D eigenvalue weighted by molar-refractivity contribution is 0.285. The molecule has 0 aliphatic carbocycles. The van der Waals surface area contributed by atoms with Crippen molar-refractivity contribution in [2.24, 2.45) is 5.41 Å². The molecule has 0 aliphatic rings. The first kappa shape index (κ1) is 16.1. The van der Waals surface area contributed by atoms with Gasteiger partial charge in [0.1, 0.15) is 4.90 Å². The first-order valence-corrected chi connectivity index (χ1v) is 8.58. The third-order valence-electron chi connectivity index (χ3n) is 2.78. The van der Waals surface area contributed by atoms with Gasteiger partial charge in [0.25, 0.3) is 0 Å². The molecule has 0 aliphatic heterocycles. The number of hydrogen-bond donors (Lipinski definition) is 2. The summed E-state index contributed by atoms with van der Waals surface area (Å²) in [6.45, 7) is 7.60. The van der Waals surface area contributed by atoms with Gasteiger partial charge in [-0.15, -0.1) is 11.3 Å². The summed E-state index contributed by atoms with van der Waals surface area (Å²) in [5.74, 6) is 0.